The van der Waals surface area contributed by atoms with Crippen LogP contribution in [0.1, 0.15) is 71.1 Å². The second kappa shape index (κ2) is 7.16. The van der Waals surface area contributed by atoms with Gasteiger partial charge in [-0.25, -0.2) is 0 Å². The molecule has 104 valence electrons. The minimum atomic E-state index is 0.0893. The average molecular weight is 252 g/mol. The Balaban J connectivity index is 1.99. The van der Waals surface area contributed by atoms with Crippen molar-refractivity contribution in [2.24, 2.45) is 17.8 Å². The zero-order valence-electron chi connectivity index (χ0n) is 11.8. The molecule has 2 aliphatic rings. The number of hydrogen-bond acceptors (Lipinski definition) is 2. The molecule has 0 aromatic rings. The molecule has 0 aromatic heterocycles. The molecule has 2 heteroatoms. The number of rotatable bonds is 3. The largest absolute Gasteiger partial charge is 0.466 e. The van der Waals surface area contributed by atoms with Crippen LogP contribution in [-0.2, 0) is 9.53 Å². The van der Waals surface area contributed by atoms with Crippen molar-refractivity contribution >= 4 is 5.97 Å². The van der Waals surface area contributed by atoms with Gasteiger partial charge in [-0.1, -0.05) is 51.4 Å². The summed E-state index contributed by atoms with van der Waals surface area (Å²) in [7, 11) is 0. The van der Waals surface area contributed by atoms with Gasteiger partial charge in [-0.15, -0.1) is 0 Å². The molecular formula is C16H28O2. The lowest BCUT2D eigenvalue weighted by Gasteiger charge is -2.35. The van der Waals surface area contributed by atoms with E-state index < -0.39 is 0 Å². The van der Waals surface area contributed by atoms with Crippen molar-refractivity contribution in [3.05, 3.63) is 0 Å². The summed E-state index contributed by atoms with van der Waals surface area (Å²) in [4.78, 5) is 12.1. The minimum absolute atomic E-state index is 0.0893. The number of carbonyl (C=O) groups excluding carboxylic acids is 1. The van der Waals surface area contributed by atoms with Gasteiger partial charge in [-0.2, -0.15) is 0 Å². The van der Waals surface area contributed by atoms with E-state index in [4.69, 9.17) is 4.74 Å². The number of hydrogen-bond donors (Lipinski definition) is 0. The molecule has 18 heavy (non-hydrogen) atoms. The third-order valence-electron chi connectivity index (χ3n) is 4.91. The van der Waals surface area contributed by atoms with Gasteiger partial charge >= 0.3 is 5.97 Å². The van der Waals surface area contributed by atoms with Crippen molar-refractivity contribution in [2.45, 2.75) is 71.1 Å². The predicted octanol–water partition coefficient (Wildman–Crippen LogP) is 4.33. The first-order valence-electron chi connectivity index (χ1n) is 7.99. The Bertz CT molecular complexity index is 254. The summed E-state index contributed by atoms with van der Waals surface area (Å²) >= 11 is 0. The first kappa shape index (κ1) is 13.9. The fourth-order valence-electron chi connectivity index (χ4n) is 4.00. The molecule has 0 N–H and O–H groups in total. The van der Waals surface area contributed by atoms with Crippen LogP contribution >= 0.6 is 0 Å². The van der Waals surface area contributed by atoms with Crippen LogP contribution in [0.4, 0.5) is 0 Å². The lowest BCUT2D eigenvalue weighted by atomic mass is 9.70. The van der Waals surface area contributed by atoms with Crippen molar-refractivity contribution in [3.63, 3.8) is 0 Å². The molecule has 2 nitrogen and oxygen atoms in total. The van der Waals surface area contributed by atoms with E-state index in [0.717, 1.165) is 12.3 Å². The highest BCUT2D eigenvalue weighted by molar-refractivity contribution is 5.72. The van der Waals surface area contributed by atoms with Crippen LogP contribution in [0.25, 0.3) is 0 Å². The SMILES string of the molecule is CCOC(=O)C1CCCCC1C1CCCCCC1. The summed E-state index contributed by atoms with van der Waals surface area (Å²) in [5, 5.41) is 0. The Hall–Kier alpha value is -0.530. The Kier molecular flexibility index (Phi) is 5.52. The van der Waals surface area contributed by atoms with Gasteiger partial charge in [0.1, 0.15) is 0 Å². The van der Waals surface area contributed by atoms with Crippen LogP contribution < -0.4 is 0 Å². The summed E-state index contributed by atoms with van der Waals surface area (Å²) < 4.78 is 5.29. The van der Waals surface area contributed by atoms with E-state index in [9.17, 15) is 4.79 Å². The Morgan fingerprint density at radius 3 is 2.22 bits per heavy atom. The molecule has 0 amide bonds. The summed E-state index contributed by atoms with van der Waals surface area (Å²) in [5.41, 5.74) is 0. The van der Waals surface area contributed by atoms with Gasteiger partial charge in [0.15, 0.2) is 0 Å². The maximum absolute atomic E-state index is 12.1. The first-order chi connectivity index (χ1) is 8.83. The highest BCUT2D eigenvalue weighted by atomic mass is 16.5. The molecule has 0 saturated heterocycles. The molecule has 2 rings (SSSR count). The molecule has 2 unspecified atom stereocenters. The topological polar surface area (TPSA) is 26.3 Å². The molecule has 0 aromatic carbocycles. The Morgan fingerprint density at radius 2 is 1.56 bits per heavy atom. The fourth-order valence-corrected chi connectivity index (χ4v) is 4.00. The number of ether oxygens (including phenoxy) is 1. The monoisotopic (exact) mass is 252 g/mol. The average Bonchev–Trinajstić information content (AvgIpc) is 2.68. The van der Waals surface area contributed by atoms with E-state index >= 15 is 0 Å². The summed E-state index contributed by atoms with van der Waals surface area (Å²) in [6.45, 7) is 2.45. The van der Waals surface area contributed by atoms with Crippen molar-refractivity contribution < 1.29 is 9.53 Å². The maximum Gasteiger partial charge on any atom is 0.309 e. The molecular weight excluding hydrogens is 224 g/mol. The highest BCUT2D eigenvalue weighted by Gasteiger charge is 2.36. The van der Waals surface area contributed by atoms with E-state index in [2.05, 4.69) is 0 Å². The lowest BCUT2D eigenvalue weighted by Crippen LogP contribution is -2.33. The van der Waals surface area contributed by atoms with Gasteiger partial charge in [0.05, 0.1) is 12.5 Å². The smallest absolute Gasteiger partial charge is 0.309 e. The van der Waals surface area contributed by atoms with Crippen LogP contribution in [0.5, 0.6) is 0 Å². The fraction of sp³-hybridized carbons (Fsp3) is 0.938. The molecule has 2 saturated carbocycles. The van der Waals surface area contributed by atoms with Gasteiger partial charge < -0.3 is 4.74 Å². The van der Waals surface area contributed by atoms with Gasteiger partial charge in [0, 0.05) is 0 Å². The van der Waals surface area contributed by atoms with E-state index in [1.54, 1.807) is 0 Å². The minimum Gasteiger partial charge on any atom is -0.466 e. The second-order valence-electron chi connectivity index (χ2n) is 6.06. The normalized spacial score (nSPS) is 30.7. The second-order valence-corrected chi connectivity index (χ2v) is 6.06. The van der Waals surface area contributed by atoms with Crippen LogP contribution in [0.15, 0.2) is 0 Å². The molecule has 0 spiro atoms. The van der Waals surface area contributed by atoms with E-state index in [1.807, 2.05) is 6.92 Å². The maximum atomic E-state index is 12.1. The van der Waals surface area contributed by atoms with Crippen LogP contribution in [0.2, 0.25) is 0 Å². The van der Waals surface area contributed by atoms with Gasteiger partial charge in [0.2, 0.25) is 0 Å². The zero-order chi connectivity index (χ0) is 12.8. The molecule has 2 atom stereocenters. The number of esters is 1. The van der Waals surface area contributed by atoms with Crippen molar-refractivity contribution in [1.29, 1.82) is 0 Å². The van der Waals surface area contributed by atoms with E-state index in [-0.39, 0.29) is 11.9 Å². The summed E-state index contributed by atoms with van der Waals surface area (Å²) in [6, 6.07) is 0. The van der Waals surface area contributed by atoms with Crippen LogP contribution in [0.3, 0.4) is 0 Å². The Labute approximate surface area is 111 Å². The molecule has 0 aliphatic heterocycles. The van der Waals surface area contributed by atoms with Crippen LogP contribution in [-0.4, -0.2) is 12.6 Å². The van der Waals surface area contributed by atoms with E-state index in [1.165, 1.54) is 57.8 Å². The van der Waals surface area contributed by atoms with Crippen LogP contribution in [0, 0.1) is 17.8 Å². The third-order valence-corrected chi connectivity index (χ3v) is 4.91. The van der Waals surface area contributed by atoms with E-state index in [0.29, 0.717) is 12.5 Å². The van der Waals surface area contributed by atoms with Gasteiger partial charge in [0.25, 0.3) is 0 Å². The molecule has 2 aliphatic carbocycles. The third kappa shape index (κ3) is 3.49. The van der Waals surface area contributed by atoms with Crippen molar-refractivity contribution in [2.75, 3.05) is 6.61 Å². The summed E-state index contributed by atoms with van der Waals surface area (Å²) in [6.07, 6.45) is 13.1. The standard InChI is InChI=1S/C16H28O2/c1-2-18-16(17)15-12-8-7-11-14(15)13-9-5-3-4-6-10-13/h13-15H,2-12H2,1H3. The van der Waals surface area contributed by atoms with Gasteiger partial charge in [-0.05, 0) is 31.6 Å². The molecule has 0 radical (unpaired) electrons. The predicted molar refractivity (Wildman–Crippen MR) is 73.3 cm³/mol. The Morgan fingerprint density at radius 1 is 0.944 bits per heavy atom. The van der Waals surface area contributed by atoms with Crippen molar-refractivity contribution in [1.82, 2.24) is 0 Å². The highest BCUT2D eigenvalue weighted by Crippen LogP contribution is 2.41. The zero-order valence-corrected chi connectivity index (χ0v) is 11.8. The molecule has 0 heterocycles. The number of carbonyl (C=O) groups is 1. The van der Waals surface area contributed by atoms with Gasteiger partial charge in [-0.3, -0.25) is 4.79 Å². The molecule has 0 bridgehead atoms. The molecule has 2 fully saturated rings. The lowest BCUT2D eigenvalue weighted by molar-refractivity contribution is -0.152. The van der Waals surface area contributed by atoms with Crippen molar-refractivity contribution in [3.8, 4) is 0 Å². The quantitative estimate of drug-likeness (QED) is 0.552. The summed E-state index contributed by atoms with van der Waals surface area (Å²) in [5.74, 6) is 1.71. The first-order valence-corrected chi connectivity index (χ1v) is 7.99.